The van der Waals surface area contributed by atoms with Crippen molar-refractivity contribution >= 4 is 33.2 Å². The first-order valence-electron chi connectivity index (χ1n) is 7.86. The van der Waals surface area contributed by atoms with Crippen LogP contribution >= 0.6 is 11.3 Å². The van der Waals surface area contributed by atoms with E-state index in [2.05, 4.69) is 10.9 Å². The summed E-state index contributed by atoms with van der Waals surface area (Å²) in [5.41, 5.74) is 3.38. The number of nitrogens with one attached hydrogen (secondary N) is 2. The number of carbonyl (C=O) groups is 2. The van der Waals surface area contributed by atoms with Crippen LogP contribution in [-0.2, 0) is 10.0 Å². The number of carbonyl (C=O) groups excluding carboxylic acids is 2. The summed E-state index contributed by atoms with van der Waals surface area (Å²) in [7, 11) is -2.53. The number of rotatable bonds is 4. The van der Waals surface area contributed by atoms with Gasteiger partial charge in [-0.2, -0.15) is 15.6 Å². The Hall–Kier alpha value is -2.30. The zero-order valence-corrected chi connectivity index (χ0v) is 16.9. The summed E-state index contributed by atoms with van der Waals surface area (Å²) < 4.78 is 40.6. The van der Waals surface area contributed by atoms with Crippen molar-refractivity contribution in [1.82, 2.24) is 15.2 Å². The van der Waals surface area contributed by atoms with E-state index < -0.39 is 38.8 Å². The summed E-state index contributed by atoms with van der Waals surface area (Å²) in [6.07, 6.45) is 0. The molecule has 146 valence electrons. The first-order valence-corrected chi connectivity index (χ1v) is 10.2. The second-order valence-electron chi connectivity index (χ2n) is 6.71. The van der Waals surface area contributed by atoms with Crippen molar-refractivity contribution in [2.75, 3.05) is 7.05 Å². The minimum Gasteiger partial charge on any atom is -0.267 e. The number of sulfonamides is 1. The van der Waals surface area contributed by atoms with Crippen molar-refractivity contribution in [3.63, 3.8) is 0 Å². The topological polar surface area (TPSA) is 95.6 Å². The van der Waals surface area contributed by atoms with Crippen molar-refractivity contribution in [2.45, 2.75) is 31.2 Å². The molecule has 0 unspecified atom stereocenters. The fourth-order valence-corrected chi connectivity index (χ4v) is 4.18. The normalized spacial score (nSPS) is 12.1. The molecule has 1 aromatic carbocycles. The van der Waals surface area contributed by atoms with E-state index in [1.807, 2.05) is 0 Å². The lowest BCUT2D eigenvalue weighted by molar-refractivity contribution is 0.0844. The highest BCUT2D eigenvalue weighted by Gasteiger charge is 2.31. The summed E-state index contributed by atoms with van der Waals surface area (Å²) >= 11 is 1.31. The number of hydrogen-bond acceptors (Lipinski definition) is 5. The molecule has 27 heavy (non-hydrogen) atoms. The molecule has 0 saturated carbocycles. The first-order chi connectivity index (χ1) is 12.4. The van der Waals surface area contributed by atoms with Gasteiger partial charge in [-0.3, -0.25) is 20.4 Å². The van der Waals surface area contributed by atoms with Crippen LogP contribution in [0.15, 0.2) is 39.9 Å². The molecular formula is C17H20FN3O4S2. The molecule has 2 amide bonds. The lowest BCUT2D eigenvalue weighted by Gasteiger charge is -2.30. The van der Waals surface area contributed by atoms with E-state index in [0.29, 0.717) is 5.56 Å². The Kier molecular flexibility index (Phi) is 6.03. The van der Waals surface area contributed by atoms with Gasteiger partial charge < -0.3 is 0 Å². The molecular weight excluding hydrogens is 393 g/mol. The average Bonchev–Trinajstić information content (AvgIpc) is 3.12. The van der Waals surface area contributed by atoms with Crippen molar-refractivity contribution in [3.05, 3.63) is 52.0 Å². The third-order valence-electron chi connectivity index (χ3n) is 3.86. The second-order valence-corrected chi connectivity index (χ2v) is 9.45. The highest BCUT2D eigenvalue weighted by Crippen LogP contribution is 2.24. The van der Waals surface area contributed by atoms with Gasteiger partial charge >= 0.3 is 0 Å². The Balaban J connectivity index is 2.24. The minimum absolute atomic E-state index is 0.226. The molecule has 2 aromatic rings. The minimum atomic E-state index is -3.94. The molecule has 0 saturated heterocycles. The quantitative estimate of drug-likeness (QED) is 0.753. The summed E-state index contributed by atoms with van der Waals surface area (Å²) in [5.74, 6) is -2.44. The van der Waals surface area contributed by atoms with Crippen LogP contribution in [-0.4, -0.2) is 37.1 Å². The summed E-state index contributed by atoms with van der Waals surface area (Å²) in [6, 6.07) is 4.49. The molecule has 0 radical (unpaired) electrons. The number of amides is 2. The van der Waals surface area contributed by atoms with Crippen LogP contribution in [0.4, 0.5) is 4.39 Å². The fourth-order valence-electron chi connectivity index (χ4n) is 2.00. The van der Waals surface area contributed by atoms with E-state index in [-0.39, 0.29) is 4.90 Å². The Labute approximate surface area is 161 Å². The van der Waals surface area contributed by atoms with Crippen molar-refractivity contribution in [1.29, 1.82) is 0 Å². The Morgan fingerprint density at radius 3 is 2.30 bits per heavy atom. The molecule has 0 aliphatic carbocycles. The largest absolute Gasteiger partial charge is 0.272 e. The molecule has 1 heterocycles. The molecule has 0 bridgehead atoms. The van der Waals surface area contributed by atoms with Crippen molar-refractivity contribution in [2.24, 2.45) is 0 Å². The maximum atomic E-state index is 14.1. The molecule has 10 heteroatoms. The molecule has 2 N–H and O–H groups in total. The molecule has 0 atom stereocenters. The monoisotopic (exact) mass is 413 g/mol. The van der Waals surface area contributed by atoms with Gasteiger partial charge in [0.05, 0.1) is 16.0 Å². The summed E-state index contributed by atoms with van der Waals surface area (Å²) in [4.78, 5) is 23.8. The van der Waals surface area contributed by atoms with E-state index in [4.69, 9.17) is 0 Å². The lowest BCUT2D eigenvalue weighted by Crippen LogP contribution is -2.43. The SMILES string of the molecule is CN(C(C)(C)C)S(=O)(=O)c1ccc(F)c(C(=O)NNC(=O)c2ccsc2)c1. The van der Waals surface area contributed by atoms with E-state index in [1.54, 1.807) is 37.6 Å². The maximum Gasteiger partial charge on any atom is 0.272 e. The zero-order chi connectivity index (χ0) is 20.4. The van der Waals surface area contributed by atoms with Gasteiger partial charge in [-0.25, -0.2) is 12.8 Å². The van der Waals surface area contributed by atoms with E-state index >= 15 is 0 Å². The van der Waals surface area contributed by atoms with Crippen LogP contribution in [0.2, 0.25) is 0 Å². The summed E-state index contributed by atoms with van der Waals surface area (Å²) in [5, 5.41) is 3.27. The number of benzene rings is 1. The smallest absolute Gasteiger partial charge is 0.267 e. The molecule has 0 fully saturated rings. The van der Waals surface area contributed by atoms with Crippen molar-refractivity contribution in [3.8, 4) is 0 Å². The van der Waals surface area contributed by atoms with Gasteiger partial charge in [0.25, 0.3) is 11.8 Å². The second kappa shape index (κ2) is 7.75. The first kappa shape index (κ1) is 21.0. The van der Waals surface area contributed by atoms with Gasteiger partial charge in [0.15, 0.2) is 0 Å². The molecule has 0 aliphatic rings. The standard InChI is InChI=1S/C17H20FN3O4S2/c1-17(2,3)21(4)27(24,25)12-5-6-14(18)13(9-12)16(23)20-19-15(22)11-7-8-26-10-11/h5-10H,1-4H3,(H,19,22)(H,20,23). The van der Waals surface area contributed by atoms with Gasteiger partial charge in [0.1, 0.15) is 5.82 Å². The van der Waals surface area contributed by atoms with Crippen LogP contribution in [0.25, 0.3) is 0 Å². The molecule has 1 aromatic heterocycles. The lowest BCUT2D eigenvalue weighted by atomic mass is 10.1. The molecule has 0 spiro atoms. The van der Waals surface area contributed by atoms with E-state index in [1.165, 1.54) is 18.4 Å². The highest BCUT2D eigenvalue weighted by molar-refractivity contribution is 7.89. The average molecular weight is 413 g/mol. The van der Waals surface area contributed by atoms with Gasteiger partial charge in [0, 0.05) is 18.0 Å². The number of hydrazine groups is 1. The molecule has 2 rings (SSSR count). The Bertz CT molecular complexity index is 951. The number of thiophene rings is 1. The zero-order valence-electron chi connectivity index (χ0n) is 15.2. The van der Waals surface area contributed by atoms with Crippen LogP contribution in [0, 0.1) is 5.82 Å². The van der Waals surface area contributed by atoms with Crippen LogP contribution in [0.3, 0.4) is 0 Å². The molecule has 0 aliphatic heterocycles. The third-order valence-corrected chi connectivity index (χ3v) is 6.66. The van der Waals surface area contributed by atoms with Crippen molar-refractivity contribution < 1.29 is 22.4 Å². The van der Waals surface area contributed by atoms with E-state index in [0.717, 1.165) is 22.5 Å². The fraction of sp³-hybridized carbons (Fsp3) is 0.294. The number of halogens is 1. The number of nitrogens with zero attached hydrogens (tertiary/aromatic N) is 1. The predicted octanol–water partition coefficient (Wildman–Crippen LogP) is 2.38. The van der Waals surface area contributed by atoms with Crippen LogP contribution in [0.5, 0.6) is 0 Å². The molecule has 7 nitrogen and oxygen atoms in total. The Morgan fingerprint density at radius 2 is 1.74 bits per heavy atom. The number of hydrogen-bond donors (Lipinski definition) is 2. The van der Waals surface area contributed by atoms with E-state index in [9.17, 15) is 22.4 Å². The van der Waals surface area contributed by atoms with Gasteiger partial charge in [0.2, 0.25) is 10.0 Å². The third kappa shape index (κ3) is 4.71. The Morgan fingerprint density at radius 1 is 1.11 bits per heavy atom. The van der Waals surface area contributed by atoms with Gasteiger partial charge in [-0.05, 0) is 50.4 Å². The van der Waals surface area contributed by atoms with Crippen LogP contribution < -0.4 is 10.9 Å². The van der Waals surface area contributed by atoms with Gasteiger partial charge in [-0.1, -0.05) is 0 Å². The predicted molar refractivity (Wildman–Crippen MR) is 100 cm³/mol. The maximum absolute atomic E-state index is 14.1. The summed E-state index contributed by atoms with van der Waals surface area (Å²) in [6.45, 7) is 5.13. The highest BCUT2D eigenvalue weighted by atomic mass is 32.2. The van der Waals surface area contributed by atoms with Crippen LogP contribution in [0.1, 0.15) is 41.5 Å². The van der Waals surface area contributed by atoms with Gasteiger partial charge in [-0.15, -0.1) is 0 Å².